The molecular weight excluding hydrogens is 488 g/mol. The first-order valence-corrected chi connectivity index (χ1v) is 13.9. The van der Waals surface area contributed by atoms with E-state index in [9.17, 15) is 9.90 Å². The summed E-state index contributed by atoms with van der Waals surface area (Å²) in [4.78, 5) is 14.0. The average Bonchev–Trinajstić information content (AvgIpc) is 3.60. The minimum atomic E-state index is -1.01. The van der Waals surface area contributed by atoms with Crippen LogP contribution in [0.2, 0.25) is 0 Å². The predicted octanol–water partition coefficient (Wildman–Crippen LogP) is 3.43. The van der Waals surface area contributed by atoms with Crippen molar-refractivity contribution in [2.75, 3.05) is 33.4 Å². The molecular formula is C29H48N2O7. The van der Waals surface area contributed by atoms with Gasteiger partial charge in [0.2, 0.25) is 12.3 Å². The highest BCUT2D eigenvalue weighted by Crippen LogP contribution is 2.46. The van der Waals surface area contributed by atoms with Crippen molar-refractivity contribution < 1.29 is 33.6 Å². The van der Waals surface area contributed by atoms with Crippen LogP contribution in [-0.2, 0) is 28.5 Å². The Kier molecular flexibility index (Phi) is 11.5. The number of nitrogens with zero attached hydrogens (tertiary/aromatic N) is 1. The molecule has 1 amide bonds. The molecule has 216 valence electrons. The van der Waals surface area contributed by atoms with E-state index in [0.29, 0.717) is 19.6 Å². The van der Waals surface area contributed by atoms with Crippen molar-refractivity contribution in [3.05, 3.63) is 36.0 Å². The van der Waals surface area contributed by atoms with Gasteiger partial charge in [-0.2, -0.15) is 0 Å². The summed E-state index contributed by atoms with van der Waals surface area (Å²) in [5.74, 6) is -0.253. The summed E-state index contributed by atoms with van der Waals surface area (Å²) in [5.41, 5.74) is 0.958. The van der Waals surface area contributed by atoms with Gasteiger partial charge in [0.15, 0.2) is 6.29 Å². The fourth-order valence-corrected chi connectivity index (χ4v) is 4.84. The van der Waals surface area contributed by atoms with Crippen LogP contribution < -0.4 is 5.32 Å². The summed E-state index contributed by atoms with van der Waals surface area (Å²) in [5, 5.41) is 13.0. The molecule has 4 unspecified atom stereocenters. The van der Waals surface area contributed by atoms with Crippen LogP contribution in [0.3, 0.4) is 0 Å². The molecule has 3 heterocycles. The minimum Gasteiger partial charge on any atom is -0.369 e. The maximum atomic E-state index is 12.3. The smallest absolute Gasteiger partial charge is 0.244 e. The third kappa shape index (κ3) is 10.5. The number of ether oxygens (including phenoxy) is 5. The Morgan fingerprint density at radius 1 is 1.26 bits per heavy atom. The lowest BCUT2D eigenvalue weighted by Crippen LogP contribution is -2.46. The molecule has 4 atom stereocenters. The van der Waals surface area contributed by atoms with Gasteiger partial charge in [-0.05, 0) is 41.2 Å². The maximum Gasteiger partial charge on any atom is 0.244 e. The largest absolute Gasteiger partial charge is 0.369 e. The van der Waals surface area contributed by atoms with Crippen molar-refractivity contribution in [1.29, 1.82) is 0 Å². The molecule has 9 heteroatoms. The summed E-state index contributed by atoms with van der Waals surface area (Å²) in [6.07, 6.45) is 12.1. The second-order valence-electron chi connectivity index (χ2n) is 11.5. The fraction of sp³-hybridized carbons (Fsp3) is 0.759. The predicted molar refractivity (Wildman–Crippen MR) is 145 cm³/mol. The van der Waals surface area contributed by atoms with Crippen LogP contribution in [-0.4, -0.2) is 91.5 Å². The number of hydrogen-bond donors (Lipinski definition) is 2. The zero-order valence-corrected chi connectivity index (χ0v) is 24.0. The Morgan fingerprint density at radius 3 is 2.63 bits per heavy atom. The molecule has 3 aliphatic rings. The molecule has 0 aromatic carbocycles. The third-order valence-electron chi connectivity index (χ3n) is 6.96. The highest BCUT2D eigenvalue weighted by Gasteiger charge is 2.53. The molecule has 0 radical (unpaired) electrons. The van der Waals surface area contributed by atoms with E-state index in [2.05, 4.69) is 51.2 Å². The van der Waals surface area contributed by atoms with E-state index in [1.165, 1.54) is 6.08 Å². The Balaban J connectivity index is 1.33. The van der Waals surface area contributed by atoms with Gasteiger partial charge in [0, 0.05) is 31.9 Å². The van der Waals surface area contributed by atoms with E-state index < -0.39 is 12.5 Å². The first-order chi connectivity index (χ1) is 18.0. The molecule has 3 rings (SSSR count). The van der Waals surface area contributed by atoms with Crippen LogP contribution in [0, 0.1) is 0 Å². The van der Waals surface area contributed by atoms with Gasteiger partial charge in [-0.15, -0.1) is 0 Å². The summed E-state index contributed by atoms with van der Waals surface area (Å²) in [6, 6.07) is -0.223. The Labute approximate surface area is 228 Å². The molecule has 0 aliphatic carbocycles. The van der Waals surface area contributed by atoms with Crippen molar-refractivity contribution in [3.63, 3.8) is 0 Å². The molecule has 3 saturated heterocycles. The van der Waals surface area contributed by atoms with E-state index in [0.717, 1.165) is 44.4 Å². The first-order valence-electron chi connectivity index (χ1n) is 13.9. The Morgan fingerprint density at radius 2 is 1.97 bits per heavy atom. The summed E-state index contributed by atoms with van der Waals surface area (Å²) in [6.45, 7) is 12.5. The molecule has 2 N–H and O–H groups in total. The molecule has 0 aromatic heterocycles. The number of aliphatic hydroxyl groups excluding tert-OH is 1. The quantitative estimate of drug-likeness (QED) is 0.160. The van der Waals surface area contributed by atoms with Gasteiger partial charge in [-0.1, -0.05) is 43.2 Å². The van der Waals surface area contributed by atoms with Gasteiger partial charge in [-0.25, -0.2) is 0 Å². The van der Waals surface area contributed by atoms with Crippen LogP contribution >= 0.6 is 0 Å². The van der Waals surface area contributed by atoms with E-state index in [4.69, 9.17) is 23.7 Å². The molecule has 9 nitrogen and oxygen atoms in total. The molecule has 0 bridgehead atoms. The normalized spacial score (nSPS) is 31.3. The lowest BCUT2D eigenvalue weighted by Gasteiger charge is -2.38. The molecule has 3 aliphatic heterocycles. The van der Waals surface area contributed by atoms with Gasteiger partial charge in [0.05, 0.1) is 49.3 Å². The number of carbonyl (C=O) groups excluding carboxylic acids is 1. The van der Waals surface area contributed by atoms with E-state index in [1.807, 2.05) is 0 Å². The number of amides is 1. The van der Waals surface area contributed by atoms with Crippen molar-refractivity contribution in [2.24, 2.45) is 0 Å². The molecule has 0 saturated carbocycles. The highest BCUT2D eigenvalue weighted by molar-refractivity contribution is 5.87. The summed E-state index contributed by atoms with van der Waals surface area (Å²) < 4.78 is 29.1. The minimum absolute atomic E-state index is 0.0132. The number of aliphatic hydroxyl groups is 1. The molecule has 3 fully saturated rings. The zero-order valence-electron chi connectivity index (χ0n) is 24.0. The number of rotatable bonds is 13. The van der Waals surface area contributed by atoms with Gasteiger partial charge in [0.1, 0.15) is 0 Å². The number of unbranched alkanes of at least 4 members (excludes halogenated alkanes) is 1. The van der Waals surface area contributed by atoms with Crippen LogP contribution in [0.15, 0.2) is 36.0 Å². The average molecular weight is 537 g/mol. The second-order valence-corrected chi connectivity index (χ2v) is 11.5. The second kappa shape index (κ2) is 14.2. The number of hydrogen-bond acceptors (Lipinski definition) is 8. The monoisotopic (exact) mass is 536 g/mol. The van der Waals surface area contributed by atoms with E-state index >= 15 is 0 Å². The number of nitrogens with one attached hydrogen (secondary N) is 1. The highest BCUT2D eigenvalue weighted by atomic mass is 16.7. The standard InChI is InChI=1S/C29H48N2O7/c1-7-8-15-31(6)27(33)37-22(3)11-13-25(32)30-23-17-34-26(35-18-23)14-10-21(2)9-12-24-16-29(20-36-29)19-28(4,5)38-24/h9-13,22-24,26-27,33H,7-8,14-20H2,1-6H3,(H,30,32). The van der Waals surface area contributed by atoms with Crippen molar-refractivity contribution in [1.82, 2.24) is 10.2 Å². The van der Waals surface area contributed by atoms with Gasteiger partial charge in [-0.3, -0.25) is 9.69 Å². The summed E-state index contributed by atoms with van der Waals surface area (Å²) in [7, 11) is 1.80. The number of epoxide rings is 1. The fourth-order valence-electron chi connectivity index (χ4n) is 4.84. The van der Waals surface area contributed by atoms with Gasteiger partial charge < -0.3 is 34.1 Å². The Bertz CT molecular complexity index is 838. The van der Waals surface area contributed by atoms with Crippen LogP contribution in [0.25, 0.3) is 0 Å². The van der Waals surface area contributed by atoms with Crippen molar-refractivity contribution >= 4 is 5.91 Å². The zero-order chi connectivity index (χ0) is 27.8. The van der Waals surface area contributed by atoms with E-state index in [-0.39, 0.29) is 35.5 Å². The lowest BCUT2D eigenvalue weighted by atomic mass is 9.85. The molecule has 0 aromatic rings. The summed E-state index contributed by atoms with van der Waals surface area (Å²) >= 11 is 0. The van der Waals surface area contributed by atoms with E-state index in [1.54, 1.807) is 24.9 Å². The number of carbonyl (C=O) groups is 1. The molecule has 38 heavy (non-hydrogen) atoms. The van der Waals surface area contributed by atoms with Crippen LogP contribution in [0.1, 0.15) is 66.7 Å². The third-order valence-corrected chi connectivity index (χ3v) is 6.96. The Hall–Kier alpha value is -1.59. The van der Waals surface area contributed by atoms with Crippen molar-refractivity contribution in [3.8, 4) is 0 Å². The van der Waals surface area contributed by atoms with Crippen LogP contribution in [0.4, 0.5) is 0 Å². The maximum absolute atomic E-state index is 12.3. The topological polar surface area (TPSA) is 102 Å². The molecule has 1 spiro atoms. The van der Waals surface area contributed by atoms with Gasteiger partial charge in [0.25, 0.3) is 0 Å². The van der Waals surface area contributed by atoms with Gasteiger partial charge >= 0.3 is 0 Å². The van der Waals surface area contributed by atoms with Crippen molar-refractivity contribution in [2.45, 2.75) is 109 Å². The van der Waals surface area contributed by atoms with Crippen LogP contribution in [0.5, 0.6) is 0 Å². The first kappa shape index (κ1) is 30.9. The number of allylic oxidation sites excluding steroid dienone is 2. The lowest BCUT2D eigenvalue weighted by molar-refractivity contribution is -0.198. The SMILES string of the molecule is CCCCN(C)C(O)OC(C)C=CC(=O)NC1COC(CC=C(C)C=CC2CC3(CO3)CC(C)(C)O2)OC1.